The molecule has 0 heterocycles. The first-order valence-electron chi connectivity index (χ1n) is 4.56. The van der Waals surface area contributed by atoms with Gasteiger partial charge in [-0.05, 0) is 24.0 Å². The molecule has 0 fully saturated rings. The third-order valence-electron chi connectivity index (χ3n) is 2.34. The summed E-state index contributed by atoms with van der Waals surface area (Å²) in [5.74, 6) is 0.642. The van der Waals surface area contributed by atoms with Gasteiger partial charge in [-0.25, -0.2) is 0 Å². The zero-order valence-electron chi connectivity index (χ0n) is 7.88. The predicted octanol–water partition coefficient (Wildman–Crippen LogP) is 2.76. The lowest BCUT2D eigenvalue weighted by atomic mass is 9.98. The van der Waals surface area contributed by atoms with Crippen molar-refractivity contribution >= 4 is 0 Å². The lowest BCUT2D eigenvalue weighted by Crippen LogP contribution is -1.94. The molecule has 1 nitrogen and oxygen atoms in total. The Morgan fingerprint density at radius 3 is 2.92 bits per heavy atom. The minimum Gasteiger partial charge on any atom is -0.402 e. The van der Waals surface area contributed by atoms with Crippen molar-refractivity contribution < 1.29 is 0 Å². The van der Waals surface area contributed by atoms with Crippen molar-refractivity contribution in [3.8, 4) is 0 Å². The van der Waals surface area contributed by atoms with E-state index < -0.39 is 0 Å². The van der Waals surface area contributed by atoms with E-state index in [0.717, 1.165) is 12.1 Å². The van der Waals surface area contributed by atoms with Crippen molar-refractivity contribution in [1.29, 1.82) is 0 Å². The van der Waals surface area contributed by atoms with Gasteiger partial charge < -0.3 is 5.73 Å². The fourth-order valence-corrected chi connectivity index (χ4v) is 1.22. The van der Waals surface area contributed by atoms with Crippen molar-refractivity contribution in [2.24, 2.45) is 11.7 Å². The summed E-state index contributed by atoms with van der Waals surface area (Å²) in [7, 11) is 0. The van der Waals surface area contributed by atoms with Gasteiger partial charge in [0.2, 0.25) is 0 Å². The highest BCUT2D eigenvalue weighted by molar-refractivity contribution is 5.31. The van der Waals surface area contributed by atoms with Crippen LogP contribution in [0, 0.1) is 5.92 Å². The Labute approximate surface area is 74.7 Å². The van der Waals surface area contributed by atoms with E-state index in [2.05, 4.69) is 32.1 Å². The maximum Gasteiger partial charge on any atom is 0.0119 e. The van der Waals surface area contributed by atoms with E-state index in [4.69, 9.17) is 5.73 Å². The summed E-state index contributed by atoms with van der Waals surface area (Å²) in [5, 5.41) is 0. The summed E-state index contributed by atoms with van der Waals surface area (Å²) in [5.41, 5.74) is 8.04. The second-order valence-corrected chi connectivity index (χ2v) is 3.32. The molecule has 12 heavy (non-hydrogen) atoms. The molecule has 1 heteroatoms. The van der Waals surface area contributed by atoms with Crippen LogP contribution in [0.4, 0.5) is 0 Å². The molecule has 0 saturated carbocycles. The summed E-state index contributed by atoms with van der Waals surface area (Å²) in [6.07, 6.45) is 10.5. The molecule has 0 spiro atoms. The smallest absolute Gasteiger partial charge is 0.0119 e. The molecule has 0 aliphatic heterocycles. The van der Waals surface area contributed by atoms with Crippen LogP contribution in [0.3, 0.4) is 0 Å². The molecule has 2 N–H and O–H groups in total. The first-order valence-corrected chi connectivity index (χ1v) is 4.56. The largest absolute Gasteiger partial charge is 0.402 e. The number of hydrogen-bond acceptors (Lipinski definition) is 1. The summed E-state index contributed by atoms with van der Waals surface area (Å²) >= 11 is 0. The SMILES string of the molecule is CCC(C)C1=CC=C(N)CC=C1. The third kappa shape index (κ3) is 2.26. The van der Waals surface area contributed by atoms with Crippen LogP contribution < -0.4 is 5.73 Å². The van der Waals surface area contributed by atoms with Gasteiger partial charge in [-0.15, -0.1) is 0 Å². The number of hydrogen-bond donors (Lipinski definition) is 1. The molecule has 0 aromatic carbocycles. The Hall–Kier alpha value is -0.980. The average molecular weight is 163 g/mol. The molecule has 1 rings (SSSR count). The maximum absolute atomic E-state index is 5.70. The molecule has 0 saturated heterocycles. The Bertz CT molecular complexity index is 233. The van der Waals surface area contributed by atoms with Gasteiger partial charge in [-0.3, -0.25) is 0 Å². The van der Waals surface area contributed by atoms with Crippen LogP contribution in [0.5, 0.6) is 0 Å². The van der Waals surface area contributed by atoms with Crippen molar-refractivity contribution in [2.45, 2.75) is 26.7 Å². The highest BCUT2D eigenvalue weighted by Gasteiger charge is 2.03. The summed E-state index contributed by atoms with van der Waals surface area (Å²) in [6.45, 7) is 4.45. The van der Waals surface area contributed by atoms with E-state index in [1.807, 2.05) is 6.08 Å². The Morgan fingerprint density at radius 2 is 2.25 bits per heavy atom. The maximum atomic E-state index is 5.70. The van der Waals surface area contributed by atoms with Crippen LogP contribution in [-0.2, 0) is 0 Å². The molecule has 1 unspecified atom stereocenters. The first kappa shape index (κ1) is 9.11. The van der Waals surface area contributed by atoms with Gasteiger partial charge >= 0.3 is 0 Å². The van der Waals surface area contributed by atoms with Gasteiger partial charge in [0.1, 0.15) is 0 Å². The van der Waals surface area contributed by atoms with Crippen LogP contribution in [0.25, 0.3) is 0 Å². The van der Waals surface area contributed by atoms with E-state index in [1.165, 1.54) is 12.0 Å². The number of allylic oxidation sites excluding steroid dienone is 5. The van der Waals surface area contributed by atoms with E-state index in [9.17, 15) is 0 Å². The molecule has 0 radical (unpaired) electrons. The van der Waals surface area contributed by atoms with Gasteiger partial charge in [0, 0.05) is 12.1 Å². The topological polar surface area (TPSA) is 26.0 Å². The first-order chi connectivity index (χ1) is 5.74. The zero-order valence-corrected chi connectivity index (χ0v) is 7.88. The van der Waals surface area contributed by atoms with Crippen LogP contribution in [0.15, 0.2) is 35.6 Å². The van der Waals surface area contributed by atoms with Crippen LogP contribution >= 0.6 is 0 Å². The van der Waals surface area contributed by atoms with E-state index in [-0.39, 0.29) is 0 Å². The molecule has 66 valence electrons. The summed E-state index contributed by atoms with van der Waals surface area (Å²) in [6, 6.07) is 0. The van der Waals surface area contributed by atoms with Gasteiger partial charge in [0.25, 0.3) is 0 Å². The number of nitrogens with two attached hydrogens (primary N) is 1. The molecule has 1 aliphatic carbocycles. The fourth-order valence-electron chi connectivity index (χ4n) is 1.22. The predicted molar refractivity (Wildman–Crippen MR) is 53.6 cm³/mol. The highest BCUT2D eigenvalue weighted by Crippen LogP contribution is 2.18. The van der Waals surface area contributed by atoms with Gasteiger partial charge in [-0.2, -0.15) is 0 Å². The minimum atomic E-state index is 0.642. The monoisotopic (exact) mass is 163 g/mol. The zero-order chi connectivity index (χ0) is 8.97. The molecule has 1 aliphatic rings. The second-order valence-electron chi connectivity index (χ2n) is 3.32. The quantitative estimate of drug-likeness (QED) is 0.665. The Balaban J connectivity index is 2.77. The minimum absolute atomic E-state index is 0.642. The normalized spacial score (nSPS) is 19.5. The van der Waals surface area contributed by atoms with Crippen LogP contribution in [0.2, 0.25) is 0 Å². The average Bonchev–Trinajstić information content (AvgIpc) is 2.29. The van der Waals surface area contributed by atoms with Gasteiger partial charge in [0.05, 0.1) is 0 Å². The van der Waals surface area contributed by atoms with Crippen molar-refractivity contribution in [3.05, 3.63) is 35.6 Å². The fraction of sp³-hybridized carbons (Fsp3) is 0.455. The Kier molecular flexibility index (Phi) is 3.15. The second kappa shape index (κ2) is 4.15. The van der Waals surface area contributed by atoms with E-state index in [1.54, 1.807) is 0 Å². The molecule has 0 amide bonds. The molecular weight excluding hydrogens is 146 g/mol. The van der Waals surface area contributed by atoms with Crippen molar-refractivity contribution in [1.82, 2.24) is 0 Å². The van der Waals surface area contributed by atoms with Gasteiger partial charge in [-0.1, -0.05) is 32.1 Å². The standard InChI is InChI=1S/C11H17N/c1-3-9(2)10-5-4-6-11(12)8-7-10/h4-5,7-9H,3,6,12H2,1-2H3. The summed E-state index contributed by atoms with van der Waals surface area (Å²) < 4.78 is 0. The molecule has 0 bridgehead atoms. The van der Waals surface area contributed by atoms with E-state index in [0.29, 0.717) is 5.92 Å². The van der Waals surface area contributed by atoms with Crippen LogP contribution in [-0.4, -0.2) is 0 Å². The van der Waals surface area contributed by atoms with Gasteiger partial charge in [0.15, 0.2) is 0 Å². The molecular formula is C11H17N. The number of rotatable bonds is 2. The van der Waals surface area contributed by atoms with Crippen molar-refractivity contribution in [2.75, 3.05) is 0 Å². The molecule has 1 atom stereocenters. The Morgan fingerprint density at radius 1 is 1.50 bits per heavy atom. The lowest BCUT2D eigenvalue weighted by Gasteiger charge is -2.07. The summed E-state index contributed by atoms with van der Waals surface area (Å²) in [4.78, 5) is 0. The van der Waals surface area contributed by atoms with E-state index >= 15 is 0 Å². The highest BCUT2D eigenvalue weighted by atomic mass is 14.6. The molecule has 0 aromatic rings. The third-order valence-corrected chi connectivity index (χ3v) is 2.34. The lowest BCUT2D eigenvalue weighted by molar-refractivity contribution is 0.670. The van der Waals surface area contributed by atoms with Crippen molar-refractivity contribution in [3.63, 3.8) is 0 Å². The van der Waals surface area contributed by atoms with Crippen LogP contribution in [0.1, 0.15) is 26.7 Å². The molecule has 0 aromatic heterocycles.